The van der Waals surface area contributed by atoms with E-state index in [2.05, 4.69) is 57.9 Å². The van der Waals surface area contributed by atoms with Gasteiger partial charge in [-0.15, -0.1) is 0 Å². The van der Waals surface area contributed by atoms with E-state index in [-0.39, 0.29) is 11.5 Å². The number of hydrogen-bond acceptors (Lipinski definition) is 8. The van der Waals surface area contributed by atoms with Gasteiger partial charge in [0.25, 0.3) is 0 Å². The third-order valence-corrected chi connectivity index (χ3v) is 6.14. The lowest BCUT2D eigenvalue weighted by molar-refractivity contribution is -0.383. The van der Waals surface area contributed by atoms with Crippen molar-refractivity contribution >= 4 is 23.3 Å². The summed E-state index contributed by atoms with van der Waals surface area (Å²) in [6.07, 6.45) is 1.11. The van der Waals surface area contributed by atoms with Gasteiger partial charge in [0.2, 0.25) is 17.6 Å². The molecule has 1 aromatic heterocycles. The average molecular weight is 426 g/mol. The Morgan fingerprint density at radius 1 is 1.03 bits per heavy atom. The van der Waals surface area contributed by atoms with Crippen LogP contribution in [0.5, 0.6) is 0 Å². The minimum atomic E-state index is -0.448. The van der Waals surface area contributed by atoms with E-state index in [1.165, 1.54) is 5.56 Å². The first-order valence-corrected chi connectivity index (χ1v) is 11.0. The Balaban J connectivity index is 1.52. The van der Waals surface area contributed by atoms with Crippen LogP contribution in [0.3, 0.4) is 0 Å². The lowest BCUT2D eigenvalue weighted by atomic mass is 9.92. The molecule has 2 saturated heterocycles. The fourth-order valence-corrected chi connectivity index (χ4v) is 4.77. The number of nitrogens with two attached hydrogens (primary N) is 1. The number of benzene rings is 1. The lowest BCUT2D eigenvalue weighted by Gasteiger charge is -2.37. The molecule has 0 saturated carbocycles. The summed E-state index contributed by atoms with van der Waals surface area (Å²) in [4.78, 5) is 26.8. The van der Waals surface area contributed by atoms with Gasteiger partial charge in [0.15, 0.2) is 0 Å². The SMILES string of the molecule is C[C@H]1C[C@H](C)CN(c2nc(N3CCN(Cc4ccccc4)CC3)nc(N)c2[N+](=O)[O-])C1. The molecule has 2 atom stereocenters. The fraction of sp³-hybridized carbons (Fsp3) is 0.545. The van der Waals surface area contributed by atoms with Crippen LogP contribution in [-0.2, 0) is 6.54 Å². The highest BCUT2D eigenvalue weighted by Gasteiger charge is 2.33. The maximum atomic E-state index is 11.8. The van der Waals surface area contributed by atoms with Crippen LogP contribution in [0.1, 0.15) is 25.8 Å². The summed E-state index contributed by atoms with van der Waals surface area (Å²) < 4.78 is 0. The van der Waals surface area contributed by atoms with Crippen molar-refractivity contribution in [1.29, 1.82) is 0 Å². The molecule has 2 aliphatic heterocycles. The topological polar surface area (TPSA) is 105 Å². The van der Waals surface area contributed by atoms with Crippen LogP contribution in [0.15, 0.2) is 30.3 Å². The Kier molecular flexibility index (Phi) is 6.22. The van der Waals surface area contributed by atoms with Crippen molar-refractivity contribution in [3.63, 3.8) is 0 Å². The highest BCUT2D eigenvalue weighted by atomic mass is 16.6. The molecule has 166 valence electrons. The largest absolute Gasteiger partial charge is 0.378 e. The van der Waals surface area contributed by atoms with Gasteiger partial charge < -0.3 is 15.5 Å². The Bertz CT molecular complexity index is 906. The van der Waals surface area contributed by atoms with Crippen molar-refractivity contribution in [2.45, 2.75) is 26.8 Å². The summed E-state index contributed by atoms with van der Waals surface area (Å²) in [5.41, 5.74) is 7.20. The number of anilines is 3. The molecular formula is C22H31N7O2. The standard InChI is InChI=1S/C22H31N7O2/c1-16-12-17(2)14-28(13-16)21-19(29(30)31)20(23)24-22(25-21)27-10-8-26(9-11-27)15-18-6-4-3-5-7-18/h3-7,16-17H,8-15H2,1-2H3,(H2,23,24,25)/t16-,17-/m0/s1. The monoisotopic (exact) mass is 425 g/mol. The van der Waals surface area contributed by atoms with Crippen molar-refractivity contribution in [3.05, 3.63) is 46.0 Å². The van der Waals surface area contributed by atoms with Crippen molar-refractivity contribution in [2.75, 3.05) is 54.8 Å². The second kappa shape index (κ2) is 9.05. The Morgan fingerprint density at radius 2 is 1.68 bits per heavy atom. The first kappa shape index (κ1) is 21.3. The molecule has 9 heteroatoms. The molecule has 1 aromatic carbocycles. The van der Waals surface area contributed by atoms with E-state index in [0.29, 0.717) is 23.6 Å². The van der Waals surface area contributed by atoms with E-state index >= 15 is 0 Å². The van der Waals surface area contributed by atoms with Crippen molar-refractivity contribution < 1.29 is 4.92 Å². The number of nitrogens with zero attached hydrogens (tertiary/aromatic N) is 6. The fourth-order valence-electron chi connectivity index (χ4n) is 4.77. The van der Waals surface area contributed by atoms with E-state index < -0.39 is 4.92 Å². The Hall–Kier alpha value is -2.94. The number of aromatic nitrogens is 2. The molecule has 0 amide bonds. The number of rotatable bonds is 5. The number of hydrogen-bond donors (Lipinski definition) is 1. The molecule has 9 nitrogen and oxygen atoms in total. The van der Waals surface area contributed by atoms with Crippen LogP contribution < -0.4 is 15.5 Å². The summed E-state index contributed by atoms with van der Waals surface area (Å²) in [7, 11) is 0. The predicted molar refractivity (Wildman–Crippen MR) is 122 cm³/mol. The third kappa shape index (κ3) is 4.87. The third-order valence-electron chi connectivity index (χ3n) is 6.14. The molecule has 0 bridgehead atoms. The van der Waals surface area contributed by atoms with Crippen molar-refractivity contribution in [3.8, 4) is 0 Å². The summed E-state index contributed by atoms with van der Waals surface area (Å²) >= 11 is 0. The zero-order chi connectivity index (χ0) is 22.0. The molecular weight excluding hydrogens is 394 g/mol. The number of nitro groups is 1. The van der Waals surface area contributed by atoms with Crippen LogP contribution >= 0.6 is 0 Å². The molecule has 2 fully saturated rings. The van der Waals surface area contributed by atoms with E-state index in [0.717, 1.165) is 52.2 Å². The van der Waals surface area contributed by atoms with Crippen molar-refractivity contribution in [2.24, 2.45) is 11.8 Å². The zero-order valence-corrected chi connectivity index (χ0v) is 18.3. The maximum Gasteiger partial charge on any atom is 0.353 e. The molecule has 0 unspecified atom stereocenters. The number of piperazine rings is 1. The van der Waals surface area contributed by atoms with Crippen LogP contribution in [0.25, 0.3) is 0 Å². The number of nitrogen functional groups attached to an aromatic ring is 1. The zero-order valence-electron chi connectivity index (χ0n) is 18.3. The second-order valence-electron chi connectivity index (χ2n) is 8.94. The molecule has 0 spiro atoms. The molecule has 0 aliphatic carbocycles. The van der Waals surface area contributed by atoms with Gasteiger partial charge in [-0.1, -0.05) is 44.2 Å². The Morgan fingerprint density at radius 3 is 2.29 bits per heavy atom. The predicted octanol–water partition coefficient (Wildman–Crippen LogP) is 2.77. The van der Waals surface area contributed by atoms with E-state index in [1.54, 1.807) is 0 Å². The lowest BCUT2D eigenvalue weighted by Crippen LogP contribution is -2.47. The maximum absolute atomic E-state index is 11.8. The second-order valence-corrected chi connectivity index (χ2v) is 8.94. The van der Waals surface area contributed by atoms with Gasteiger partial charge in [-0.05, 0) is 23.8 Å². The van der Waals surface area contributed by atoms with Crippen molar-refractivity contribution in [1.82, 2.24) is 14.9 Å². The first-order chi connectivity index (χ1) is 14.9. The molecule has 31 heavy (non-hydrogen) atoms. The summed E-state index contributed by atoms with van der Waals surface area (Å²) in [6.45, 7) is 10.0. The van der Waals surface area contributed by atoms with Crippen LogP contribution in [0.2, 0.25) is 0 Å². The first-order valence-electron chi connectivity index (χ1n) is 11.0. The normalized spacial score (nSPS) is 22.5. The minimum absolute atomic E-state index is 0.0532. The molecule has 2 aliphatic rings. The van der Waals surface area contributed by atoms with Gasteiger partial charge in [-0.2, -0.15) is 9.97 Å². The van der Waals surface area contributed by atoms with Gasteiger partial charge >= 0.3 is 5.69 Å². The minimum Gasteiger partial charge on any atom is -0.378 e. The number of piperidine rings is 1. The van der Waals surface area contributed by atoms with E-state index in [4.69, 9.17) is 5.73 Å². The van der Waals surface area contributed by atoms with Gasteiger partial charge in [-0.3, -0.25) is 15.0 Å². The molecule has 4 rings (SSSR count). The quantitative estimate of drug-likeness (QED) is 0.576. The summed E-state index contributed by atoms with van der Waals surface area (Å²) in [5.74, 6) is 1.69. The highest BCUT2D eigenvalue weighted by molar-refractivity contribution is 5.71. The van der Waals surface area contributed by atoms with Crippen LogP contribution in [0.4, 0.5) is 23.3 Å². The summed E-state index contributed by atoms with van der Waals surface area (Å²) in [6, 6.07) is 10.4. The molecule has 3 heterocycles. The van der Waals surface area contributed by atoms with Gasteiger partial charge in [0.05, 0.1) is 4.92 Å². The Labute approximate surface area is 183 Å². The molecule has 2 aromatic rings. The van der Waals surface area contributed by atoms with Crippen LogP contribution in [0, 0.1) is 22.0 Å². The molecule has 0 radical (unpaired) electrons. The molecule has 2 N–H and O–H groups in total. The summed E-state index contributed by atoms with van der Waals surface area (Å²) in [5, 5.41) is 11.8. The van der Waals surface area contributed by atoms with Gasteiger partial charge in [0.1, 0.15) is 0 Å². The smallest absolute Gasteiger partial charge is 0.353 e. The van der Waals surface area contributed by atoms with Gasteiger partial charge in [-0.25, -0.2) is 0 Å². The van der Waals surface area contributed by atoms with E-state index in [1.807, 2.05) is 11.0 Å². The van der Waals surface area contributed by atoms with E-state index in [9.17, 15) is 10.1 Å². The average Bonchev–Trinajstić information content (AvgIpc) is 2.73. The van der Waals surface area contributed by atoms with Crippen LogP contribution in [-0.4, -0.2) is 59.1 Å². The highest BCUT2D eigenvalue weighted by Crippen LogP contribution is 2.36. The van der Waals surface area contributed by atoms with Gasteiger partial charge in [0, 0.05) is 45.8 Å².